The molecule has 1 aliphatic heterocycles. The molecule has 1 aliphatic rings. The molecule has 3 rings (SSSR count). The number of hydrogen-bond donors (Lipinski definition) is 0. The first-order valence-corrected chi connectivity index (χ1v) is 8.87. The van der Waals surface area contributed by atoms with E-state index in [9.17, 15) is 9.59 Å². The van der Waals surface area contributed by atoms with Crippen LogP contribution in [0.15, 0.2) is 53.2 Å². The fourth-order valence-electron chi connectivity index (χ4n) is 2.58. The fraction of sp³-hybridized carbons (Fsp3) is 0.227. The van der Waals surface area contributed by atoms with Gasteiger partial charge in [0.15, 0.2) is 17.2 Å². The summed E-state index contributed by atoms with van der Waals surface area (Å²) in [5, 5.41) is 0. The summed E-state index contributed by atoms with van der Waals surface area (Å²) in [6, 6.07) is 12.6. The first-order chi connectivity index (χ1) is 13.4. The molecule has 0 bridgehead atoms. The second-order valence-electron chi connectivity index (χ2n) is 6.64. The number of carbonyl (C=O) groups excluding carboxylic acids is 2. The lowest BCUT2D eigenvalue weighted by Gasteiger charge is -2.11. The lowest BCUT2D eigenvalue weighted by molar-refractivity contribution is -0.137. The van der Waals surface area contributed by atoms with Crippen LogP contribution >= 0.6 is 0 Å². The third-order valence-corrected chi connectivity index (χ3v) is 4.17. The van der Waals surface area contributed by atoms with E-state index in [4.69, 9.17) is 14.2 Å². The molecule has 6 nitrogen and oxygen atoms in total. The molecular weight excluding hydrogens is 358 g/mol. The van der Waals surface area contributed by atoms with E-state index < -0.39 is 5.97 Å². The zero-order valence-corrected chi connectivity index (χ0v) is 16.2. The number of rotatable bonds is 5. The van der Waals surface area contributed by atoms with Gasteiger partial charge >= 0.3 is 11.9 Å². The zero-order valence-electron chi connectivity index (χ0n) is 16.2. The van der Waals surface area contributed by atoms with Crippen molar-refractivity contribution in [3.8, 4) is 11.5 Å². The second-order valence-corrected chi connectivity index (χ2v) is 6.64. The van der Waals surface area contributed by atoms with Crippen molar-refractivity contribution in [1.29, 1.82) is 0 Å². The summed E-state index contributed by atoms with van der Waals surface area (Å²) in [6.45, 7) is 5.42. The molecule has 2 aromatic rings. The standard InChI is InChI=1S/C22H21NO5/c1-13(2)21(24)27-19-12-15(9-10-18(19)26-4)11-17-22(25)28-20(23-17)16-8-6-5-7-14(16)3/h5-13H,1-4H3/b17-11+. The summed E-state index contributed by atoms with van der Waals surface area (Å²) < 4.78 is 16.0. The summed E-state index contributed by atoms with van der Waals surface area (Å²) >= 11 is 0. The number of hydrogen-bond acceptors (Lipinski definition) is 6. The number of aryl methyl sites for hydroxylation is 1. The van der Waals surface area contributed by atoms with Gasteiger partial charge in [0.2, 0.25) is 5.90 Å². The van der Waals surface area contributed by atoms with Crippen molar-refractivity contribution < 1.29 is 23.8 Å². The van der Waals surface area contributed by atoms with Crippen LogP contribution in [0, 0.1) is 12.8 Å². The highest BCUT2D eigenvalue weighted by molar-refractivity contribution is 6.13. The minimum absolute atomic E-state index is 0.171. The third-order valence-electron chi connectivity index (χ3n) is 4.17. The van der Waals surface area contributed by atoms with Gasteiger partial charge < -0.3 is 14.2 Å². The molecular formula is C22H21NO5. The zero-order chi connectivity index (χ0) is 20.3. The molecule has 0 saturated carbocycles. The van der Waals surface area contributed by atoms with E-state index in [2.05, 4.69) is 4.99 Å². The Morgan fingerprint density at radius 3 is 2.57 bits per heavy atom. The van der Waals surface area contributed by atoms with Crippen LogP contribution < -0.4 is 9.47 Å². The number of benzene rings is 2. The van der Waals surface area contributed by atoms with Gasteiger partial charge in [-0.2, -0.15) is 0 Å². The van der Waals surface area contributed by atoms with Gasteiger partial charge in [0.05, 0.1) is 13.0 Å². The van der Waals surface area contributed by atoms with Crippen LogP contribution in [0.25, 0.3) is 6.08 Å². The van der Waals surface area contributed by atoms with Gasteiger partial charge in [-0.1, -0.05) is 38.1 Å². The molecule has 0 amide bonds. The highest BCUT2D eigenvalue weighted by Gasteiger charge is 2.25. The van der Waals surface area contributed by atoms with E-state index >= 15 is 0 Å². The van der Waals surface area contributed by atoms with Gasteiger partial charge in [0, 0.05) is 5.56 Å². The number of carbonyl (C=O) groups is 2. The van der Waals surface area contributed by atoms with Gasteiger partial charge in [-0.3, -0.25) is 4.79 Å². The molecule has 0 spiro atoms. The SMILES string of the molecule is COc1ccc(/C=C2/N=C(c3ccccc3C)OC2=O)cc1OC(=O)C(C)C. The summed E-state index contributed by atoms with van der Waals surface area (Å²) in [5.41, 5.74) is 2.53. The molecule has 0 unspecified atom stereocenters. The lowest BCUT2D eigenvalue weighted by atomic mass is 10.1. The number of ether oxygens (including phenoxy) is 3. The molecule has 0 saturated heterocycles. The molecule has 0 radical (unpaired) electrons. The number of cyclic esters (lactones) is 1. The molecule has 144 valence electrons. The Hall–Kier alpha value is -3.41. The van der Waals surface area contributed by atoms with Gasteiger partial charge in [-0.05, 0) is 42.3 Å². The van der Waals surface area contributed by atoms with Crippen LogP contribution in [-0.4, -0.2) is 24.9 Å². The van der Waals surface area contributed by atoms with Crippen molar-refractivity contribution in [1.82, 2.24) is 0 Å². The van der Waals surface area contributed by atoms with Crippen LogP contribution in [0.3, 0.4) is 0 Å². The smallest absolute Gasteiger partial charge is 0.363 e. The van der Waals surface area contributed by atoms with E-state index in [1.54, 1.807) is 38.1 Å². The minimum Gasteiger partial charge on any atom is -0.493 e. The van der Waals surface area contributed by atoms with E-state index in [1.807, 2.05) is 31.2 Å². The molecule has 6 heteroatoms. The van der Waals surface area contributed by atoms with Crippen LogP contribution in [0.4, 0.5) is 0 Å². The average Bonchev–Trinajstić information content (AvgIpc) is 3.02. The Labute approximate surface area is 163 Å². The summed E-state index contributed by atoms with van der Waals surface area (Å²) in [5.74, 6) is -0.204. The van der Waals surface area contributed by atoms with E-state index in [-0.39, 0.29) is 29.2 Å². The minimum atomic E-state index is -0.533. The Kier molecular flexibility index (Phi) is 5.59. The van der Waals surface area contributed by atoms with Crippen LogP contribution in [0.1, 0.15) is 30.5 Å². The molecule has 0 atom stereocenters. The molecule has 0 N–H and O–H groups in total. The molecule has 0 aromatic heterocycles. The maximum atomic E-state index is 12.2. The van der Waals surface area contributed by atoms with Gasteiger partial charge in [0.1, 0.15) is 0 Å². The first-order valence-electron chi connectivity index (χ1n) is 8.87. The van der Waals surface area contributed by atoms with E-state index in [0.717, 1.165) is 11.1 Å². The molecule has 0 aliphatic carbocycles. The van der Waals surface area contributed by atoms with Gasteiger partial charge in [-0.15, -0.1) is 0 Å². The summed E-state index contributed by atoms with van der Waals surface area (Å²) in [6.07, 6.45) is 1.58. The highest BCUT2D eigenvalue weighted by Crippen LogP contribution is 2.30. The number of esters is 2. The van der Waals surface area contributed by atoms with Crippen LogP contribution in [0.2, 0.25) is 0 Å². The second kappa shape index (κ2) is 8.08. The Balaban J connectivity index is 1.93. The Morgan fingerprint density at radius 1 is 1.14 bits per heavy atom. The Bertz CT molecular complexity index is 988. The van der Waals surface area contributed by atoms with E-state index in [0.29, 0.717) is 11.3 Å². The van der Waals surface area contributed by atoms with Gasteiger partial charge in [-0.25, -0.2) is 9.79 Å². The Morgan fingerprint density at radius 2 is 1.89 bits per heavy atom. The fourth-order valence-corrected chi connectivity index (χ4v) is 2.58. The summed E-state index contributed by atoms with van der Waals surface area (Å²) in [4.78, 5) is 28.5. The van der Waals surface area contributed by atoms with Crippen molar-refractivity contribution in [2.45, 2.75) is 20.8 Å². The average molecular weight is 379 g/mol. The highest BCUT2D eigenvalue weighted by atomic mass is 16.6. The maximum absolute atomic E-state index is 12.2. The normalized spacial score (nSPS) is 14.8. The third kappa shape index (κ3) is 4.11. The van der Waals surface area contributed by atoms with Gasteiger partial charge in [0.25, 0.3) is 0 Å². The predicted molar refractivity (Wildman–Crippen MR) is 105 cm³/mol. The molecule has 28 heavy (non-hydrogen) atoms. The quantitative estimate of drug-likeness (QED) is 0.447. The van der Waals surface area contributed by atoms with Crippen molar-refractivity contribution >= 4 is 23.9 Å². The van der Waals surface area contributed by atoms with Crippen molar-refractivity contribution in [2.24, 2.45) is 10.9 Å². The predicted octanol–water partition coefficient (Wildman–Crippen LogP) is 3.91. The topological polar surface area (TPSA) is 74.2 Å². The van der Waals surface area contributed by atoms with E-state index in [1.165, 1.54) is 7.11 Å². The molecule has 0 fully saturated rings. The van der Waals surface area contributed by atoms with Crippen LogP contribution in [0.5, 0.6) is 11.5 Å². The molecule has 2 aromatic carbocycles. The molecule has 1 heterocycles. The van der Waals surface area contributed by atoms with Crippen molar-refractivity contribution in [3.63, 3.8) is 0 Å². The largest absolute Gasteiger partial charge is 0.493 e. The number of aliphatic imine (C=N–C) groups is 1. The van der Waals surface area contributed by atoms with Crippen molar-refractivity contribution in [3.05, 3.63) is 64.9 Å². The number of nitrogens with zero attached hydrogens (tertiary/aromatic N) is 1. The van der Waals surface area contributed by atoms with Crippen molar-refractivity contribution in [2.75, 3.05) is 7.11 Å². The van der Waals surface area contributed by atoms with Crippen LogP contribution in [-0.2, 0) is 14.3 Å². The summed E-state index contributed by atoms with van der Waals surface area (Å²) in [7, 11) is 1.49. The monoisotopic (exact) mass is 379 g/mol. The number of methoxy groups -OCH3 is 1. The first kappa shape index (κ1) is 19.4. The lowest BCUT2D eigenvalue weighted by Crippen LogP contribution is -2.15. The maximum Gasteiger partial charge on any atom is 0.363 e.